The zero-order valence-electron chi connectivity index (χ0n) is 9.57. The fourth-order valence-electron chi connectivity index (χ4n) is 1.57. The van der Waals surface area contributed by atoms with E-state index < -0.39 is 5.82 Å². The highest BCUT2D eigenvalue weighted by Gasteiger charge is 2.04. The molecule has 0 aliphatic carbocycles. The molecule has 0 aliphatic rings. The van der Waals surface area contributed by atoms with Gasteiger partial charge in [-0.3, -0.25) is 0 Å². The molecule has 0 aliphatic heterocycles. The van der Waals surface area contributed by atoms with Gasteiger partial charge in [0.2, 0.25) is 0 Å². The van der Waals surface area contributed by atoms with Crippen LogP contribution in [0.2, 0.25) is 5.02 Å². The number of para-hydroxylation sites is 1. The standard InChI is InChI=1S/C14H12ClFO2/c15-12-6-5-10(7-13(12)16)9-18-14-4-2-1-3-11(14)8-17/h1-7,17H,8-9H2. The van der Waals surface area contributed by atoms with E-state index in [0.717, 1.165) is 0 Å². The molecule has 0 saturated carbocycles. The van der Waals surface area contributed by atoms with Crippen LogP contribution in [0.25, 0.3) is 0 Å². The summed E-state index contributed by atoms with van der Waals surface area (Å²) in [6.07, 6.45) is 0. The second-order valence-electron chi connectivity index (χ2n) is 3.80. The van der Waals surface area contributed by atoms with Gasteiger partial charge < -0.3 is 9.84 Å². The molecule has 18 heavy (non-hydrogen) atoms. The third-order valence-corrected chi connectivity index (χ3v) is 2.83. The van der Waals surface area contributed by atoms with E-state index in [0.29, 0.717) is 16.9 Å². The molecule has 0 amide bonds. The van der Waals surface area contributed by atoms with Crippen LogP contribution in [0, 0.1) is 5.82 Å². The summed E-state index contributed by atoms with van der Waals surface area (Å²) >= 11 is 5.60. The first-order valence-electron chi connectivity index (χ1n) is 5.46. The van der Waals surface area contributed by atoms with E-state index in [1.807, 2.05) is 12.1 Å². The first-order valence-corrected chi connectivity index (χ1v) is 5.84. The van der Waals surface area contributed by atoms with Gasteiger partial charge >= 0.3 is 0 Å². The van der Waals surface area contributed by atoms with Gasteiger partial charge in [0, 0.05) is 5.56 Å². The third-order valence-electron chi connectivity index (χ3n) is 2.52. The molecule has 0 atom stereocenters. The highest BCUT2D eigenvalue weighted by Crippen LogP contribution is 2.20. The van der Waals surface area contributed by atoms with Crippen molar-refractivity contribution in [1.82, 2.24) is 0 Å². The van der Waals surface area contributed by atoms with Gasteiger partial charge in [0.1, 0.15) is 18.2 Å². The smallest absolute Gasteiger partial charge is 0.142 e. The Kier molecular flexibility index (Phi) is 4.18. The molecular formula is C14H12ClFO2. The Morgan fingerprint density at radius 2 is 1.94 bits per heavy atom. The highest BCUT2D eigenvalue weighted by molar-refractivity contribution is 6.30. The van der Waals surface area contributed by atoms with Crippen molar-refractivity contribution in [2.75, 3.05) is 0 Å². The van der Waals surface area contributed by atoms with Crippen molar-refractivity contribution in [3.05, 3.63) is 64.4 Å². The Bertz CT molecular complexity index is 543. The summed E-state index contributed by atoms with van der Waals surface area (Å²) in [5.41, 5.74) is 1.39. The lowest BCUT2D eigenvalue weighted by Gasteiger charge is -2.10. The SMILES string of the molecule is OCc1ccccc1OCc1ccc(Cl)c(F)c1. The maximum absolute atomic E-state index is 13.2. The van der Waals surface area contributed by atoms with Crippen molar-refractivity contribution in [1.29, 1.82) is 0 Å². The monoisotopic (exact) mass is 266 g/mol. The zero-order chi connectivity index (χ0) is 13.0. The molecule has 0 fully saturated rings. The molecule has 2 aromatic rings. The molecule has 2 nitrogen and oxygen atoms in total. The number of hydrogen-bond donors (Lipinski definition) is 1. The Balaban J connectivity index is 2.09. The van der Waals surface area contributed by atoms with Crippen LogP contribution in [0.5, 0.6) is 5.75 Å². The van der Waals surface area contributed by atoms with Crippen molar-refractivity contribution < 1.29 is 14.2 Å². The minimum atomic E-state index is -0.465. The summed E-state index contributed by atoms with van der Waals surface area (Å²) in [6, 6.07) is 11.7. The molecule has 0 spiro atoms. The molecule has 0 aromatic heterocycles. The lowest BCUT2D eigenvalue weighted by Crippen LogP contribution is -1.99. The van der Waals surface area contributed by atoms with Crippen LogP contribution in [-0.4, -0.2) is 5.11 Å². The van der Waals surface area contributed by atoms with Gasteiger partial charge in [-0.05, 0) is 23.8 Å². The number of ether oxygens (including phenoxy) is 1. The molecule has 0 radical (unpaired) electrons. The summed E-state index contributed by atoms with van der Waals surface area (Å²) in [4.78, 5) is 0. The van der Waals surface area contributed by atoms with Crippen molar-refractivity contribution in [2.45, 2.75) is 13.2 Å². The van der Waals surface area contributed by atoms with E-state index in [-0.39, 0.29) is 18.2 Å². The maximum Gasteiger partial charge on any atom is 0.142 e. The second-order valence-corrected chi connectivity index (χ2v) is 4.21. The fraction of sp³-hybridized carbons (Fsp3) is 0.143. The van der Waals surface area contributed by atoms with Crippen molar-refractivity contribution in [3.8, 4) is 5.75 Å². The van der Waals surface area contributed by atoms with E-state index >= 15 is 0 Å². The number of aliphatic hydroxyl groups excluding tert-OH is 1. The van der Waals surface area contributed by atoms with Crippen LogP contribution >= 0.6 is 11.6 Å². The fourth-order valence-corrected chi connectivity index (χ4v) is 1.68. The first kappa shape index (κ1) is 12.9. The third kappa shape index (κ3) is 3.00. The molecule has 94 valence electrons. The molecule has 2 rings (SSSR count). The Morgan fingerprint density at radius 1 is 1.17 bits per heavy atom. The largest absolute Gasteiger partial charge is 0.489 e. The molecule has 2 aromatic carbocycles. The number of halogens is 2. The molecule has 1 N–H and O–H groups in total. The van der Waals surface area contributed by atoms with Crippen LogP contribution in [0.15, 0.2) is 42.5 Å². The summed E-state index contributed by atoms with van der Waals surface area (Å²) in [7, 11) is 0. The summed E-state index contributed by atoms with van der Waals surface area (Å²) in [6.45, 7) is 0.135. The lowest BCUT2D eigenvalue weighted by molar-refractivity contribution is 0.259. The lowest BCUT2D eigenvalue weighted by atomic mass is 10.2. The van der Waals surface area contributed by atoms with E-state index in [2.05, 4.69) is 0 Å². The van der Waals surface area contributed by atoms with Crippen molar-refractivity contribution >= 4 is 11.6 Å². The van der Waals surface area contributed by atoms with Crippen LogP contribution in [0.3, 0.4) is 0 Å². The minimum Gasteiger partial charge on any atom is -0.489 e. The number of rotatable bonds is 4. The van der Waals surface area contributed by atoms with E-state index in [1.54, 1.807) is 18.2 Å². The summed E-state index contributed by atoms with van der Waals surface area (Å²) < 4.78 is 18.8. The van der Waals surface area contributed by atoms with Gasteiger partial charge in [0.05, 0.1) is 11.6 Å². The van der Waals surface area contributed by atoms with Crippen molar-refractivity contribution in [3.63, 3.8) is 0 Å². The average Bonchev–Trinajstić information content (AvgIpc) is 2.40. The second kappa shape index (κ2) is 5.85. The van der Waals surface area contributed by atoms with Crippen molar-refractivity contribution in [2.24, 2.45) is 0 Å². The van der Waals surface area contributed by atoms with Crippen LogP contribution in [0.1, 0.15) is 11.1 Å². The minimum absolute atomic E-state index is 0.0921. The normalized spacial score (nSPS) is 10.4. The van der Waals surface area contributed by atoms with Gasteiger partial charge in [0.15, 0.2) is 0 Å². The quantitative estimate of drug-likeness (QED) is 0.917. The van der Waals surface area contributed by atoms with Gasteiger partial charge in [-0.25, -0.2) is 4.39 Å². The van der Waals surface area contributed by atoms with Crippen LogP contribution in [-0.2, 0) is 13.2 Å². The van der Waals surface area contributed by atoms with E-state index in [4.69, 9.17) is 21.4 Å². The van der Waals surface area contributed by atoms with Crippen LogP contribution < -0.4 is 4.74 Å². The molecule has 4 heteroatoms. The number of hydrogen-bond acceptors (Lipinski definition) is 2. The Labute approximate surface area is 110 Å². The topological polar surface area (TPSA) is 29.5 Å². The zero-order valence-corrected chi connectivity index (χ0v) is 10.3. The van der Waals surface area contributed by atoms with Gasteiger partial charge in [0.25, 0.3) is 0 Å². The van der Waals surface area contributed by atoms with Gasteiger partial charge in [-0.2, -0.15) is 0 Å². The molecule has 0 unspecified atom stereocenters. The predicted molar refractivity (Wildman–Crippen MR) is 68.1 cm³/mol. The van der Waals surface area contributed by atoms with E-state index in [1.165, 1.54) is 12.1 Å². The molecule has 0 saturated heterocycles. The molecular weight excluding hydrogens is 255 g/mol. The number of aliphatic hydroxyl groups is 1. The first-order chi connectivity index (χ1) is 8.70. The Hall–Kier alpha value is -1.58. The van der Waals surface area contributed by atoms with Crippen LogP contribution in [0.4, 0.5) is 4.39 Å². The maximum atomic E-state index is 13.2. The predicted octanol–water partition coefficient (Wildman–Crippen LogP) is 3.55. The van der Waals surface area contributed by atoms with Gasteiger partial charge in [-0.1, -0.05) is 35.9 Å². The summed E-state index contributed by atoms with van der Waals surface area (Å²) in [5, 5.41) is 9.23. The molecule has 0 bridgehead atoms. The number of benzene rings is 2. The van der Waals surface area contributed by atoms with E-state index in [9.17, 15) is 4.39 Å². The Morgan fingerprint density at radius 3 is 2.67 bits per heavy atom. The summed E-state index contributed by atoms with van der Waals surface area (Å²) in [5.74, 6) is 0.128. The molecule has 0 heterocycles. The highest BCUT2D eigenvalue weighted by atomic mass is 35.5. The van der Waals surface area contributed by atoms with Gasteiger partial charge in [-0.15, -0.1) is 0 Å². The average molecular weight is 267 g/mol.